The van der Waals surface area contributed by atoms with E-state index in [-0.39, 0.29) is 12.1 Å². The first kappa shape index (κ1) is 9.77. The lowest BCUT2D eigenvalue weighted by molar-refractivity contribution is -0.144. The molecule has 0 unspecified atom stereocenters. The molecule has 0 aliphatic carbocycles. The van der Waals surface area contributed by atoms with Crippen molar-refractivity contribution in [3.05, 3.63) is 42.0 Å². The molecule has 2 rings (SSSR count). The molecule has 0 saturated heterocycles. The molecule has 0 saturated carbocycles. The number of hydrogen-bond acceptors (Lipinski definition) is 3. The minimum atomic E-state index is -0.332. The minimum absolute atomic E-state index is 0.290. The van der Waals surface area contributed by atoms with Crippen molar-refractivity contribution in [2.75, 3.05) is 6.61 Å². The molecular formula is C12H12O3. The van der Waals surface area contributed by atoms with Crippen LogP contribution in [0, 0.1) is 0 Å². The van der Waals surface area contributed by atoms with Crippen molar-refractivity contribution in [3.8, 4) is 5.75 Å². The van der Waals surface area contributed by atoms with E-state index in [2.05, 4.69) is 0 Å². The first-order valence-electron chi connectivity index (χ1n) is 4.83. The average Bonchev–Trinajstić information content (AvgIpc) is 2.41. The highest BCUT2D eigenvalue weighted by Gasteiger charge is 2.17. The Morgan fingerprint density at radius 3 is 3.07 bits per heavy atom. The van der Waals surface area contributed by atoms with Crippen LogP contribution in [0.25, 0.3) is 0 Å². The molecule has 1 atom stereocenters. The highest BCUT2D eigenvalue weighted by atomic mass is 16.5. The Morgan fingerprint density at radius 2 is 2.27 bits per heavy atom. The van der Waals surface area contributed by atoms with Crippen LogP contribution in [0.4, 0.5) is 0 Å². The molecule has 0 fully saturated rings. The molecule has 3 heteroatoms. The SMILES string of the molecule is CC(=O)O[C@@H]1C=CCOc2ccccc21. The van der Waals surface area contributed by atoms with Gasteiger partial charge in [0.25, 0.3) is 0 Å². The van der Waals surface area contributed by atoms with Crippen LogP contribution in [-0.2, 0) is 9.53 Å². The molecule has 0 spiro atoms. The van der Waals surface area contributed by atoms with Crippen LogP contribution in [0.15, 0.2) is 36.4 Å². The lowest BCUT2D eigenvalue weighted by atomic mass is 10.1. The summed E-state index contributed by atoms with van der Waals surface area (Å²) in [6.45, 7) is 1.91. The van der Waals surface area contributed by atoms with Crippen LogP contribution in [-0.4, -0.2) is 12.6 Å². The predicted molar refractivity (Wildman–Crippen MR) is 55.6 cm³/mol. The van der Waals surface area contributed by atoms with Gasteiger partial charge in [0.05, 0.1) is 0 Å². The smallest absolute Gasteiger partial charge is 0.303 e. The molecule has 1 aliphatic rings. The summed E-state index contributed by atoms with van der Waals surface area (Å²) < 4.78 is 10.7. The van der Waals surface area contributed by atoms with Crippen LogP contribution in [0.5, 0.6) is 5.75 Å². The fourth-order valence-electron chi connectivity index (χ4n) is 1.55. The van der Waals surface area contributed by atoms with E-state index in [1.807, 2.05) is 36.4 Å². The van der Waals surface area contributed by atoms with Gasteiger partial charge in [-0.2, -0.15) is 0 Å². The van der Waals surface area contributed by atoms with Gasteiger partial charge in [-0.3, -0.25) is 4.79 Å². The second-order valence-electron chi connectivity index (χ2n) is 3.31. The van der Waals surface area contributed by atoms with Gasteiger partial charge in [-0.1, -0.05) is 18.2 Å². The number of fused-ring (bicyclic) bond motifs is 1. The number of esters is 1. The zero-order valence-electron chi connectivity index (χ0n) is 8.47. The van der Waals surface area contributed by atoms with E-state index >= 15 is 0 Å². The number of hydrogen-bond donors (Lipinski definition) is 0. The van der Waals surface area contributed by atoms with Crippen LogP contribution >= 0.6 is 0 Å². The maximum atomic E-state index is 10.9. The molecule has 0 aromatic heterocycles. The number of benzene rings is 1. The van der Waals surface area contributed by atoms with Crippen molar-refractivity contribution in [1.29, 1.82) is 0 Å². The normalized spacial score (nSPS) is 18.6. The summed E-state index contributed by atoms with van der Waals surface area (Å²) in [5, 5.41) is 0. The summed E-state index contributed by atoms with van der Waals surface area (Å²) in [5.41, 5.74) is 0.890. The number of carbonyl (C=O) groups excluding carboxylic acids is 1. The molecule has 0 bridgehead atoms. The summed E-state index contributed by atoms with van der Waals surface area (Å²) in [6, 6.07) is 7.57. The molecule has 1 aromatic rings. The lowest BCUT2D eigenvalue weighted by Crippen LogP contribution is -2.06. The highest BCUT2D eigenvalue weighted by Crippen LogP contribution is 2.30. The van der Waals surface area contributed by atoms with Gasteiger partial charge in [0.1, 0.15) is 18.5 Å². The molecule has 78 valence electrons. The molecule has 3 nitrogen and oxygen atoms in total. The fraction of sp³-hybridized carbons (Fsp3) is 0.250. The second kappa shape index (κ2) is 4.17. The zero-order valence-corrected chi connectivity index (χ0v) is 8.47. The van der Waals surface area contributed by atoms with Crippen molar-refractivity contribution < 1.29 is 14.3 Å². The van der Waals surface area contributed by atoms with Gasteiger partial charge in [-0.05, 0) is 18.2 Å². The van der Waals surface area contributed by atoms with Gasteiger partial charge in [0.2, 0.25) is 0 Å². The van der Waals surface area contributed by atoms with E-state index in [1.165, 1.54) is 6.92 Å². The molecule has 15 heavy (non-hydrogen) atoms. The average molecular weight is 204 g/mol. The molecule has 1 aromatic carbocycles. The first-order valence-corrected chi connectivity index (χ1v) is 4.83. The number of ether oxygens (including phenoxy) is 2. The quantitative estimate of drug-likeness (QED) is 0.520. The van der Waals surface area contributed by atoms with Gasteiger partial charge < -0.3 is 9.47 Å². The van der Waals surface area contributed by atoms with Crippen molar-refractivity contribution in [2.45, 2.75) is 13.0 Å². The molecule has 0 radical (unpaired) electrons. The Hall–Kier alpha value is -1.77. The van der Waals surface area contributed by atoms with E-state index < -0.39 is 0 Å². The minimum Gasteiger partial charge on any atom is -0.489 e. The zero-order chi connectivity index (χ0) is 10.7. The third-order valence-electron chi connectivity index (χ3n) is 2.16. The maximum absolute atomic E-state index is 10.9. The van der Waals surface area contributed by atoms with Gasteiger partial charge >= 0.3 is 5.97 Å². The van der Waals surface area contributed by atoms with Gasteiger partial charge in [0.15, 0.2) is 0 Å². The topological polar surface area (TPSA) is 35.5 Å². The van der Waals surface area contributed by atoms with Crippen LogP contribution in [0.3, 0.4) is 0 Å². The van der Waals surface area contributed by atoms with Crippen molar-refractivity contribution in [3.63, 3.8) is 0 Å². The van der Waals surface area contributed by atoms with Crippen LogP contribution in [0.2, 0.25) is 0 Å². The summed E-state index contributed by atoms with van der Waals surface area (Å²) in [7, 11) is 0. The van der Waals surface area contributed by atoms with Crippen molar-refractivity contribution in [2.24, 2.45) is 0 Å². The summed E-state index contributed by atoms with van der Waals surface area (Å²) in [4.78, 5) is 10.9. The van der Waals surface area contributed by atoms with Gasteiger partial charge in [-0.15, -0.1) is 0 Å². The Labute approximate surface area is 88.3 Å². The number of rotatable bonds is 1. The van der Waals surface area contributed by atoms with E-state index in [0.717, 1.165) is 11.3 Å². The van der Waals surface area contributed by atoms with E-state index in [9.17, 15) is 4.79 Å². The van der Waals surface area contributed by atoms with Gasteiger partial charge in [0, 0.05) is 12.5 Å². The maximum Gasteiger partial charge on any atom is 0.303 e. The van der Waals surface area contributed by atoms with Crippen LogP contribution in [0.1, 0.15) is 18.6 Å². The van der Waals surface area contributed by atoms with E-state index in [4.69, 9.17) is 9.47 Å². The van der Waals surface area contributed by atoms with Crippen molar-refractivity contribution >= 4 is 5.97 Å². The Balaban J connectivity index is 2.34. The Kier molecular flexibility index (Phi) is 2.72. The number of para-hydroxylation sites is 1. The fourth-order valence-corrected chi connectivity index (χ4v) is 1.55. The Morgan fingerprint density at radius 1 is 1.47 bits per heavy atom. The summed E-state index contributed by atoms with van der Waals surface area (Å²) in [5.74, 6) is 0.482. The highest BCUT2D eigenvalue weighted by molar-refractivity contribution is 5.66. The molecular weight excluding hydrogens is 192 g/mol. The van der Waals surface area contributed by atoms with Gasteiger partial charge in [-0.25, -0.2) is 0 Å². The summed E-state index contributed by atoms with van der Waals surface area (Å²) >= 11 is 0. The first-order chi connectivity index (χ1) is 7.27. The monoisotopic (exact) mass is 204 g/mol. The third-order valence-corrected chi connectivity index (χ3v) is 2.16. The molecule has 0 N–H and O–H groups in total. The third kappa shape index (κ3) is 2.18. The standard InChI is InChI=1S/C12H12O3/c1-9(13)15-12-7-4-8-14-11-6-3-2-5-10(11)12/h2-7,12H,8H2,1H3/t12-/m1/s1. The van der Waals surface area contributed by atoms with Crippen molar-refractivity contribution in [1.82, 2.24) is 0 Å². The summed E-state index contributed by atoms with van der Waals surface area (Å²) in [6.07, 6.45) is 3.36. The molecule has 1 heterocycles. The second-order valence-corrected chi connectivity index (χ2v) is 3.31. The molecule has 0 amide bonds. The largest absolute Gasteiger partial charge is 0.489 e. The van der Waals surface area contributed by atoms with Crippen LogP contribution < -0.4 is 4.74 Å². The predicted octanol–water partition coefficient (Wildman–Crippen LogP) is 2.24. The Bertz CT molecular complexity index is 396. The number of carbonyl (C=O) groups is 1. The van der Waals surface area contributed by atoms with E-state index in [0.29, 0.717) is 6.61 Å². The van der Waals surface area contributed by atoms with E-state index in [1.54, 1.807) is 0 Å². The molecule has 1 aliphatic heterocycles. The lowest BCUT2D eigenvalue weighted by Gasteiger charge is -2.14.